The van der Waals surface area contributed by atoms with Gasteiger partial charge in [0.25, 0.3) is 5.56 Å². The number of rotatable bonds is 3. The highest BCUT2D eigenvalue weighted by Gasteiger charge is 2.51. The van der Waals surface area contributed by atoms with Crippen LogP contribution in [0.4, 0.5) is 0 Å². The summed E-state index contributed by atoms with van der Waals surface area (Å²) in [6.45, 7) is 3.73. The van der Waals surface area contributed by atoms with Gasteiger partial charge in [0.05, 0.1) is 28.5 Å². The third-order valence-corrected chi connectivity index (χ3v) is 9.57. The zero-order valence-corrected chi connectivity index (χ0v) is 23.8. The maximum atomic E-state index is 14.0. The number of pyridine rings is 1. The Morgan fingerprint density at radius 2 is 1.93 bits per heavy atom. The number of aromatic nitrogens is 1. The van der Waals surface area contributed by atoms with E-state index in [0.717, 1.165) is 11.1 Å². The van der Waals surface area contributed by atoms with Gasteiger partial charge >= 0.3 is 0 Å². The number of carbonyl (C=O) groups excluding carboxylic acids is 1. The van der Waals surface area contributed by atoms with Crippen molar-refractivity contribution in [1.29, 1.82) is 0 Å². The molecule has 1 aromatic heterocycles. The minimum Gasteiger partial charge on any atom is -0.506 e. The van der Waals surface area contributed by atoms with E-state index in [0.29, 0.717) is 22.2 Å². The lowest BCUT2D eigenvalue weighted by Gasteiger charge is -2.42. The zero-order valence-electron chi connectivity index (χ0n) is 23.0. The van der Waals surface area contributed by atoms with E-state index in [2.05, 4.69) is 0 Å². The van der Waals surface area contributed by atoms with Crippen LogP contribution in [0.15, 0.2) is 23.0 Å². The molecular formula is C30H29ClN2O9. The maximum Gasteiger partial charge on any atom is 0.280 e. The number of carbonyl (C=O) groups is 1. The Hall–Kier alpha value is -3.77. The second kappa shape index (κ2) is 9.37. The van der Waals surface area contributed by atoms with E-state index in [1.807, 2.05) is 13.8 Å². The molecule has 0 bridgehead atoms. The van der Waals surface area contributed by atoms with Crippen LogP contribution in [0.5, 0.6) is 23.0 Å². The van der Waals surface area contributed by atoms with Crippen molar-refractivity contribution in [3.63, 3.8) is 0 Å². The first-order chi connectivity index (χ1) is 20.1. The topological polar surface area (TPSA) is 163 Å². The molecule has 2 aromatic carbocycles. The number of aromatic hydroxyl groups is 2. The molecule has 5 N–H and O–H groups in total. The van der Waals surface area contributed by atoms with Crippen molar-refractivity contribution in [1.82, 2.24) is 4.68 Å². The molecule has 6 unspecified atom stereocenters. The molecular weight excluding hydrogens is 568 g/mol. The predicted octanol–water partition coefficient (Wildman–Crippen LogP) is 3.43. The number of nitrogens with two attached hydrogens (primary N) is 1. The summed E-state index contributed by atoms with van der Waals surface area (Å²) in [6.07, 6.45) is 0.620. The van der Waals surface area contributed by atoms with Gasteiger partial charge in [-0.2, -0.15) is 0 Å². The van der Waals surface area contributed by atoms with Crippen molar-refractivity contribution in [3.05, 3.63) is 56.0 Å². The average molecular weight is 597 g/mol. The Bertz CT molecular complexity index is 1800. The summed E-state index contributed by atoms with van der Waals surface area (Å²) in [4.78, 5) is 27.5. The highest BCUT2D eigenvalue weighted by Crippen LogP contribution is 2.61. The number of phenols is 2. The summed E-state index contributed by atoms with van der Waals surface area (Å²) in [6, 6.07) is 1.70. The van der Waals surface area contributed by atoms with Crippen molar-refractivity contribution in [2.45, 2.75) is 57.0 Å². The Morgan fingerprint density at radius 3 is 2.64 bits per heavy atom. The Morgan fingerprint density at radius 1 is 1.17 bits per heavy atom. The van der Waals surface area contributed by atoms with Crippen LogP contribution in [0.1, 0.15) is 59.5 Å². The quantitative estimate of drug-likeness (QED) is 0.260. The number of methoxy groups -OCH3 is 1. The molecule has 0 saturated carbocycles. The fraction of sp³-hybridized carbons (Fsp3) is 0.400. The van der Waals surface area contributed by atoms with Crippen LogP contribution in [0, 0.1) is 5.92 Å². The molecule has 0 saturated heterocycles. The van der Waals surface area contributed by atoms with Gasteiger partial charge in [-0.1, -0.05) is 37.6 Å². The first-order valence-corrected chi connectivity index (χ1v) is 14.1. The number of hydrogen-bond donors (Lipinski definition) is 4. The number of hydrogen-bond acceptors (Lipinski definition) is 10. The predicted molar refractivity (Wildman–Crippen MR) is 152 cm³/mol. The zero-order chi connectivity index (χ0) is 29.8. The lowest BCUT2D eigenvalue weighted by atomic mass is 9.75. The normalized spacial score (nSPS) is 26.0. The molecule has 7 rings (SSSR count). The summed E-state index contributed by atoms with van der Waals surface area (Å²) in [5.41, 5.74) is 0.611. The fourth-order valence-electron chi connectivity index (χ4n) is 6.80. The number of aliphatic hydroxyl groups excluding tert-OH is 1. The molecule has 3 heterocycles. The molecule has 0 amide bonds. The summed E-state index contributed by atoms with van der Waals surface area (Å²) in [7, 11) is 1.47. The minimum atomic E-state index is -1.19. The molecule has 3 aromatic rings. The van der Waals surface area contributed by atoms with Crippen LogP contribution in [-0.4, -0.2) is 58.0 Å². The maximum absolute atomic E-state index is 14.0. The largest absolute Gasteiger partial charge is 0.506 e. The van der Waals surface area contributed by atoms with Crippen LogP contribution >= 0.6 is 11.6 Å². The molecule has 0 spiro atoms. The third-order valence-electron chi connectivity index (χ3n) is 9.14. The number of ketones is 1. The molecule has 0 fully saturated rings. The van der Waals surface area contributed by atoms with E-state index >= 15 is 0 Å². The Kier molecular flexibility index (Phi) is 6.04. The lowest BCUT2D eigenvalue weighted by Crippen LogP contribution is -2.52. The second-order valence-electron chi connectivity index (χ2n) is 11.2. The van der Waals surface area contributed by atoms with Crippen molar-refractivity contribution in [2.75, 3.05) is 19.7 Å². The van der Waals surface area contributed by atoms with Gasteiger partial charge in [-0.3, -0.25) is 9.59 Å². The number of ether oxygens (including phenoxy) is 4. The second-order valence-corrected chi connectivity index (χ2v) is 11.6. The fourth-order valence-corrected chi connectivity index (χ4v) is 7.13. The molecule has 12 heteroatoms. The molecule has 42 heavy (non-hydrogen) atoms. The first-order valence-electron chi connectivity index (χ1n) is 13.8. The van der Waals surface area contributed by atoms with Gasteiger partial charge in [0, 0.05) is 41.3 Å². The number of nitrogens with zero attached hydrogens (tertiary/aromatic N) is 1. The van der Waals surface area contributed by atoms with Crippen LogP contribution in [-0.2, 0) is 15.9 Å². The number of aliphatic hydroxyl groups is 1. The molecule has 6 atom stereocenters. The van der Waals surface area contributed by atoms with Crippen LogP contribution in [0.2, 0.25) is 5.02 Å². The Balaban J connectivity index is 1.55. The van der Waals surface area contributed by atoms with Crippen molar-refractivity contribution < 1.29 is 39.1 Å². The first kappa shape index (κ1) is 27.1. The van der Waals surface area contributed by atoms with Gasteiger partial charge in [0.1, 0.15) is 29.3 Å². The molecule has 0 radical (unpaired) electrons. The van der Waals surface area contributed by atoms with Gasteiger partial charge in [0.2, 0.25) is 0 Å². The minimum absolute atomic E-state index is 0.00712. The number of benzene rings is 2. The molecule has 220 valence electrons. The SMILES string of the molecule is CCC(C)c1cc2c(Cl)c3c(c(O)c2c(=O)n1N)-c1c(O)c2c(c4c1C(C3)OCO4)OC1C(OC)C=CC(O)C1C2=O. The van der Waals surface area contributed by atoms with E-state index in [1.165, 1.54) is 13.2 Å². The number of fused-ring (bicyclic) bond motifs is 6. The van der Waals surface area contributed by atoms with E-state index in [1.54, 1.807) is 12.1 Å². The third kappa shape index (κ3) is 3.39. The van der Waals surface area contributed by atoms with E-state index < -0.39 is 53.2 Å². The highest BCUT2D eigenvalue weighted by molar-refractivity contribution is 6.37. The average Bonchev–Trinajstić information content (AvgIpc) is 2.98. The Labute approximate surface area is 244 Å². The van der Waals surface area contributed by atoms with E-state index in [-0.39, 0.29) is 57.7 Å². The van der Waals surface area contributed by atoms with Crippen LogP contribution in [0.3, 0.4) is 0 Å². The van der Waals surface area contributed by atoms with Crippen molar-refractivity contribution in [3.8, 4) is 34.1 Å². The van der Waals surface area contributed by atoms with E-state index in [9.17, 15) is 24.9 Å². The van der Waals surface area contributed by atoms with Gasteiger partial charge < -0.3 is 40.1 Å². The summed E-state index contributed by atoms with van der Waals surface area (Å²) >= 11 is 6.97. The summed E-state index contributed by atoms with van der Waals surface area (Å²) in [5, 5.41) is 34.7. The van der Waals surface area contributed by atoms with Crippen LogP contribution < -0.4 is 20.9 Å². The number of phenolic OH excluding ortho intramolecular Hbond substituents is 2. The monoisotopic (exact) mass is 596 g/mol. The lowest BCUT2D eigenvalue weighted by molar-refractivity contribution is -0.0675. The molecule has 4 aliphatic rings. The summed E-state index contributed by atoms with van der Waals surface area (Å²) < 4.78 is 24.6. The van der Waals surface area contributed by atoms with Gasteiger partial charge in [-0.15, -0.1) is 0 Å². The molecule has 2 aliphatic heterocycles. The standard InChI is InChI=1S/C30H29ClN2O9/c1-4-10(2)13-7-11-18(30(38)33(13)32)24(35)17-12(23(11)31)8-16-20-21(17)26(37)22-25(36)19-14(34)5-6-15(39-3)27(19)42-29(22)28(20)41-9-40-16/h5-7,10,14-16,19,27,34-35,37H,4,8-9,32H2,1-3H3. The number of nitrogen functional groups attached to an aromatic ring is 1. The number of halogens is 1. The van der Waals surface area contributed by atoms with Crippen LogP contribution in [0.25, 0.3) is 21.9 Å². The summed E-state index contributed by atoms with van der Waals surface area (Å²) in [5.74, 6) is 3.72. The van der Waals surface area contributed by atoms with Gasteiger partial charge in [-0.25, -0.2) is 4.68 Å². The molecule has 2 aliphatic carbocycles. The van der Waals surface area contributed by atoms with E-state index in [4.69, 9.17) is 36.4 Å². The molecule has 11 nitrogen and oxygen atoms in total. The smallest absolute Gasteiger partial charge is 0.280 e. The number of Topliss-reactive ketones (excluding diaryl/α,β-unsaturated/α-hetero) is 1. The van der Waals surface area contributed by atoms with Crippen molar-refractivity contribution in [2.24, 2.45) is 5.92 Å². The highest BCUT2D eigenvalue weighted by atomic mass is 35.5. The van der Waals surface area contributed by atoms with Gasteiger partial charge in [0.15, 0.2) is 24.1 Å². The van der Waals surface area contributed by atoms with Gasteiger partial charge in [-0.05, 0) is 24.0 Å². The van der Waals surface area contributed by atoms with Crippen molar-refractivity contribution >= 4 is 28.2 Å².